The summed E-state index contributed by atoms with van der Waals surface area (Å²) in [4.78, 5) is 30.9. The predicted molar refractivity (Wildman–Crippen MR) is 175 cm³/mol. The number of piperazine rings is 1. The third kappa shape index (κ3) is 21.2. The fourth-order valence-corrected chi connectivity index (χ4v) is 5.79. The summed E-state index contributed by atoms with van der Waals surface area (Å²) in [7, 11) is 0. The van der Waals surface area contributed by atoms with Crippen LogP contribution in [0.25, 0.3) is 0 Å². The zero-order valence-electron chi connectivity index (χ0n) is 27.8. The molecule has 0 aliphatic carbocycles. The van der Waals surface area contributed by atoms with E-state index in [0.717, 1.165) is 78.0 Å². The molecule has 0 radical (unpaired) electrons. The molecule has 1 aliphatic rings. The molecule has 7 nitrogen and oxygen atoms in total. The van der Waals surface area contributed by atoms with E-state index in [9.17, 15) is 9.59 Å². The maximum absolute atomic E-state index is 13.0. The van der Waals surface area contributed by atoms with E-state index in [4.69, 9.17) is 0 Å². The second kappa shape index (κ2) is 26.4. The maximum Gasteiger partial charge on any atom is 0.221 e. The van der Waals surface area contributed by atoms with Gasteiger partial charge in [0.05, 0.1) is 0 Å². The lowest BCUT2D eigenvalue weighted by Crippen LogP contribution is -2.47. The van der Waals surface area contributed by atoms with Crippen molar-refractivity contribution >= 4 is 11.8 Å². The molecule has 7 heteroatoms. The van der Waals surface area contributed by atoms with Crippen LogP contribution in [0.5, 0.6) is 0 Å². The van der Waals surface area contributed by atoms with E-state index in [1.54, 1.807) is 0 Å². The lowest BCUT2D eigenvalue weighted by atomic mass is 10.0. The summed E-state index contributed by atoms with van der Waals surface area (Å²) in [5.41, 5.74) is 0. The molecule has 1 saturated heterocycles. The van der Waals surface area contributed by atoms with Gasteiger partial charge in [0.2, 0.25) is 11.8 Å². The molecule has 2 atom stereocenters. The monoisotopic (exact) mass is 580 g/mol. The molecule has 3 N–H and O–H groups in total. The second-order valence-electron chi connectivity index (χ2n) is 12.4. The molecule has 0 aromatic heterocycles. The van der Waals surface area contributed by atoms with Gasteiger partial charge in [-0.05, 0) is 25.7 Å². The van der Waals surface area contributed by atoms with Crippen LogP contribution in [-0.4, -0.2) is 86.1 Å². The Bertz CT molecular complexity index is 584. The Hall–Kier alpha value is -1.18. The van der Waals surface area contributed by atoms with Crippen molar-refractivity contribution in [3.63, 3.8) is 0 Å². The minimum Gasteiger partial charge on any atom is -0.353 e. The first-order valence-corrected chi connectivity index (χ1v) is 17.8. The molecule has 1 rings (SSSR count). The SMILES string of the molecule is CCCCCCC(CCCC)NC(=O)CCN(CCC(=O)NC(CCCC)CCCCCC)CCN1CCNCC1. The Morgan fingerprint density at radius 3 is 1.51 bits per heavy atom. The van der Waals surface area contributed by atoms with Crippen LogP contribution in [0.1, 0.15) is 143 Å². The number of carbonyl (C=O) groups excluding carboxylic acids is 2. The zero-order valence-corrected chi connectivity index (χ0v) is 27.8. The first-order valence-electron chi connectivity index (χ1n) is 17.8. The van der Waals surface area contributed by atoms with Gasteiger partial charge in [-0.25, -0.2) is 0 Å². The lowest BCUT2D eigenvalue weighted by molar-refractivity contribution is -0.122. The van der Waals surface area contributed by atoms with Gasteiger partial charge < -0.3 is 20.9 Å². The van der Waals surface area contributed by atoms with E-state index in [0.29, 0.717) is 24.9 Å². The van der Waals surface area contributed by atoms with Crippen molar-refractivity contribution in [3.8, 4) is 0 Å². The van der Waals surface area contributed by atoms with Crippen LogP contribution in [0, 0.1) is 0 Å². The number of rotatable bonds is 27. The van der Waals surface area contributed by atoms with Crippen LogP contribution in [0.4, 0.5) is 0 Å². The molecule has 0 aromatic carbocycles. The summed E-state index contributed by atoms with van der Waals surface area (Å²) in [6, 6.07) is 0.605. The molecular formula is C34H69N5O2. The Morgan fingerprint density at radius 1 is 0.634 bits per heavy atom. The highest BCUT2D eigenvalue weighted by atomic mass is 16.2. The van der Waals surface area contributed by atoms with E-state index < -0.39 is 0 Å². The van der Waals surface area contributed by atoms with Crippen LogP contribution < -0.4 is 16.0 Å². The molecule has 2 amide bonds. The van der Waals surface area contributed by atoms with E-state index in [1.807, 2.05) is 0 Å². The summed E-state index contributed by atoms with van der Waals surface area (Å²) >= 11 is 0. The Balaban J connectivity index is 2.61. The molecule has 1 aliphatic heterocycles. The maximum atomic E-state index is 13.0. The number of carbonyl (C=O) groups is 2. The first kappa shape index (κ1) is 37.8. The van der Waals surface area contributed by atoms with Crippen molar-refractivity contribution in [2.75, 3.05) is 52.4 Å². The number of nitrogens with zero attached hydrogens (tertiary/aromatic N) is 2. The van der Waals surface area contributed by atoms with Gasteiger partial charge in [-0.3, -0.25) is 14.5 Å². The molecule has 0 spiro atoms. The van der Waals surface area contributed by atoms with E-state index in [2.05, 4.69) is 53.4 Å². The Kier molecular flexibility index (Phi) is 24.4. The predicted octanol–water partition coefficient (Wildman–Crippen LogP) is 6.26. The molecule has 0 aromatic rings. The average Bonchev–Trinajstić information content (AvgIpc) is 2.98. The lowest BCUT2D eigenvalue weighted by Gasteiger charge is -2.30. The number of unbranched alkanes of at least 4 members (excludes halogenated alkanes) is 8. The standard InChI is InChI=1S/C34H69N5O2/c1-5-9-13-15-19-31(17-11-7-3)36-33(40)21-25-38(29-30-39-27-23-35-24-28-39)26-22-34(41)37-32(18-12-8-4)20-16-14-10-6-2/h31-32,35H,5-30H2,1-4H3,(H,36,40)(H,37,41). The summed E-state index contributed by atoms with van der Waals surface area (Å²) in [5.74, 6) is 0.342. The van der Waals surface area contributed by atoms with Gasteiger partial charge in [0.15, 0.2) is 0 Å². The van der Waals surface area contributed by atoms with Crippen LogP contribution in [-0.2, 0) is 9.59 Å². The smallest absolute Gasteiger partial charge is 0.221 e. The molecule has 2 unspecified atom stereocenters. The Morgan fingerprint density at radius 2 is 1.07 bits per heavy atom. The molecular weight excluding hydrogens is 510 g/mol. The van der Waals surface area contributed by atoms with Crippen LogP contribution in [0.3, 0.4) is 0 Å². The fraction of sp³-hybridized carbons (Fsp3) is 0.941. The highest BCUT2D eigenvalue weighted by molar-refractivity contribution is 5.77. The highest BCUT2D eigenvalue weighted by Gasteiger charge is 2.18. The molecule has 242 valence electrons. The first-order chi connectivity index (χ1) is 20.0. The van der Waals surface area contributed by atoms with Gasteiger partial charge in [0, 0.05) is 77.3 Å². The number of amides is 2. The van der Waals surface area contributed by atoms with Gasteiger partial charge in [-0.2, -0.15) is 0 Å². The van der Waals surface area contributed by atoms with E-state index in [1.165, 1.54) is 77.0 Å². The normalized spacial score (nSPS) is 15.6. The van der Waals surface area contributed by atoms with E-state index >= 15 is 0 Å². The third-order valence-corrected chi connectivity index (χ3v) is 8.61. The minimum atomic E-state index is 0.171. The van der Waals surface area contributed by atoms with Crippen LogP contribution in [0.15, 0.2) is 0 Å². The van der Waals surface area contributed by atoms with Crippen LogP contribution in [0.2, 0.25) is 0 Å². The second-order valence-corrected chi connectivity index (χ2v) is 12.4. The van der Waals surface area contributed by atoms with Crippen molar-refractivity contribution in [1.82, 2.24) is 25.8 Å². The summed E-state index contributed by atoms with van der Waals surface area (Å²) in [6.45, 7) is 16.5. The molecule has 1 heterocycles. The van der Waals surface area contributed by atoms with Gasteiger partial charge in [0.1, 0.15) is 0 Å². The molecule has 0 bridgehead atoms. The number of hydrogen-bond acceptors (Lipinski definition) is 5. The van der Waals surface area contributed by atoms with Gasteiger partial charge in [0.25, 0.3) is 0 Å². The van der Waals surface area contributed by atoms with Gasteiger partial charge in [-0.1, -0.05) is 105 Å². The molecule has 1 fully saturated rings. The average molecular weight is 580 g/mol. The van der Waals surface area contributed by atoms with Crippen molar-refractivity contribution in [3.05, 3.63) is 0 Å². The highest BCUT2D eigenvalue weighted by Crippen LogP contribution is 2.13. The molecule has 0 saturated carbocycles. The van der Waals surface area contributed by atoms with E-state index in [-0.39, 0.29) is 11.8 Å². The van der Waals surface area contributed by atoms with Crippen molar-refractivity contribution in [1.29, 1.82) is 0 Å². The topological polar surface area (TPSA) is 76.7 Å². The number of nitrogens with one attached hydrogen (secondary N) is 3. The van der Waals surface area contributed by atoms with Crippen molar-refractivity contribution < 1.29 is 9.59 Å². The Labute approximate surface area is 254 Å². The third-order valence-electron chi connectivity index (χ3n) is 8.61. The summed E-state index contributed by atoms with van der Waals surface area (Å²) in [5, 5.41) is 10.2. The molecule has 41 heavy (non-hydrogen) atoms. The summed E-state index contributed by atoms with van der Waals surface area (Å²) in [6.07, 6.45) is 20.0. The van der Waals surface area contributed by atoms with Crippen molar-refractivity contribution in [2.45, 2.75) is 155 Å². The van der Waals surface area contributed by atoms with Gasteiger partial charge in [-0.15, -0.1) is 0 Å². The zero-order chi connectivity index (χ0) is 30.0. The quantitative estimate of drug-likeness (QED) is 0.100. The summed E-state index contributed by atoms with van der Waals surface area (Å²) < 4.78 is 0. The number of hydrogen-bond donors (Lipinski definition) is 3. The van der Waals surface area contributed by atoms with Gasteiger partial charge >= 0.3 is 0 Å². The van der Waals surface area contributed by atoms with Crippen molar-refractivity contribution in [2.24, 2.45) is 0 Å². The fourth-order valence-electron chi connectivity index (χ4n) is 5.79. The van der Waals surface area contributed by atoms with Crippen LogP contribution >= 0.6 is 0 Å². The largest absolute Gasteiger partial charge is 0.353 e. The minimum absolute atomic E-state index is 0.171.